The molecule has 3 aromatic rings. The van der Waals surface area contributed by atoms with Crippen LogP contribution < -0.4 is 15.0 Å². The highest BCUT2D eigenvalue weighted by atomic mass is 19.1. The molecule has 6 rings (SSSR count). The van der Waals surface area contributed by atoms with Crippen molar-refractivity contribution in [2.24, 2.45) is 0 Å². The fraction of sp³-hybridized carbons (Fsp3) is 0.469. The maximum atomic E-state index is 14.9. The number of carbonyl (C=O) groups excluding carboxylic acids is 1. The van der Waals surface area contributed by atoms with Gasteiger partial charge in [-0.15, -0.1) is 0 Å². The number of hydrogen-bond donors (Lipinski definition) is 3. The third kappa shape index (κ3) is 6.87. The lowest BCUT2D eigenvalue weighted by Crippen LogP contribution is -2.56. The predicted octanol–water partition coefficient (Wildman–Crippen LogP) is 1.65. The number of carbonyl (C=O) groups is 1. The molecule has 3 atom stereocenters. The number of anilines is 3. The molecular formula is C32H37FN8O5. The quantitative estimate of drug-likeness (QED) is 0.314. The molecule has 1 amide bonds. The van der Waals surface area contributed by atoms with E-state index in [9.17, 15) is 19.6 Å². The topological polar surface area (TPSA) is 160 Å². The summed E-state index contributed by atoms with van der Waals surface area (Å²) in [6, 6.07) is 13.7. The minimum Gasteiger partial charge on any atom is -0.486 e. The zero-order valence-corrected chi connectivity index (χ0v) is 25.5. The molecule has 0 saturated carbocycles. The zero-order valence-electron chi connectivity index (χ0n) is 25.5. The minimum atomic E-state index is -1.58. The number of aliphatic hydroxyl groups excluding tert-OH is 2. The molecule has 3 saturated heterocycles. The normalized spacial score (nSPS) is 21.3. The van der Waals surface area contributed by atoms with Gasteiger partial charge in [-0.05, 0) is 48.9 Å². The first-order valence-corrected chi connectivity index (χ1v) is 15.4. The van der Waals surface area contributed by atoms with E-state index >= 15 is 0 Å². The maximum Gasteiger partial charge on any atom is 0.253 e. The van der Waals surface area contributed by atoms with Crippen molar-refractivity contribution in [1.82, 2.24) is 24.8 Å². The maximum absolute atomic E-state index is 14.9. The van der Waals surface area contributed by atoms with Crippen molar-refractivity contribution in [2.45, 2.75) is 37.8 Å². The van der Waals surface area contributed by atoms with Crippen molar-refractivity contribution in [3.05, 3.63) is 53.9 Å². The Balaban J connectivity index is 1.09. The Morgan fingerprint density at radius 1 is 1.17 bits per heavy atom. The van der Waals surface area contributed by atoms with Gasteiger partial charge in [0.15, 0.2) is 18.1 Å². The number of nitrogens with zero attached hydrogens (tertiary/aromatic N) is 7. The standard InChI is InChI=1S/C32H37FN8O5/c1-20-12-23(3-4-26(20)40-10-8-39(9-11-40)24-17-45-18-24)37-32-36-19-35-30(38-32)21-2-5-28(22(13-21)14-34)46-29-6-7-41(15-25(29)33)31(44)27(43)16-42/h2-5,12-13,19,24-25,27,29,42-43H,6-11,15-18H2,1H3,(H,35,36,37,38)/t25-,27+,29?/m1/s1. The predicted molar refractivity (Wildman–Crippen MR) is 166 cm³/mol. The van der Waals surface area contributed by atoms with Crippen LogP contribution in [0.1, 0.15) is 17.5 Å². The SMILES string of the molecule is Cc1cc(Nc2ncnc(-c3ccc(OC4CCN(C(=O)[C@@H](O)CO)C[C@H]4F)c(C#N)c3)n2)ccc1N1CCN(C2COC2)CC1. The van der Waals surface area contributed by atoms with Crippen molar-refractivity contribution in [3.63, 3.8) is 0 Å². The largest absolute Gasteiger partial charge is 0.486 e. The second-order valence-electron chi connectivity index (χ2n) is 11.7. The van der Waals surface area contributed by atoms with Gasteiger partial charge in [0, 0.05) is 56.1 Å². The molecule has 3 N–H and O–H groups in total. The number of benzene rings is 2. The highest BCUT2D eigenvalue weighted by Crippen LogP contribution is 2.30. The van der Waals surface area contributed by atoms with Crippen molar-refractivity contribution in [2.75, 3.05) is 69.3 Å². The number of hydrogen-bond acceptors (Lipinski definition) is 12. The van der Waals surface area contributed by atoms with Crippen LogP contribution in [0.25, 0.3) is 11.4 Å². The molecule has 3 fully saturated rings. The molecule has 0 radical (unpaired) electrons. The number of nitrogens with one attached hydrogen (secondary N) is 1. The number of alkyl halides is 1. The number of rotatable bonds is 9. The van der Waals surface area contributed by atoms with Gasteiger partial charge in [-0.25, -0.2) is 14.4 Å². The monoisotopic (exact) mass is 632 g/mol. The summed E-state index contributed by atoms with van der Waals surface area (Å²) in [5.41, 5.74) is 3.93. The third-order valence-electron chi connectivity index (χ3n) is 8.70. The Hall–Kier alpha value is -4.42. The van der Waals surface area contributed by atoms with Crippen LogP contribution in [0.5, 0.6) is 5.75 Å². The number of aryl methyl sites for hydroxylation is 1. The van der Waals surface area contributed by atoms with Crippen molar-refractivity contribution < 1.29 is 28.9 Å². The van der Waals surface area contributed by atoms with E-state index in [1.165, 1.54) is 12.0 Å². The Morgan fingerprint density at radius 2 is 1.98 bits per heavy atom. The lowest BCUT2D eigenvalue weighted by Gasteiger charge is -2.43. The molecule has 242 valence electrons. The van der Waals surface area contributed by atoms with Crippen LogP contribution in [0.15, 0.2) is 42.7 Å². The Kier molecular flexibility index (Phi) is 9.55. The molecule has 0 spiro atoms. The van der Waals surface area contributed by atoms with Crippen LogP contribution in [0.4, 0.5) is 21.7 Å². The van der Waals surface area contributed by atoms with Gasteiger partial charge in [0.2, 0.25) is 5.95 Å². The van der Waals surface area contributed by atoms with Gasteiger partial charge in [-0.2, -0.15) is 10.2 Å². The molecule has 0 aliphatic carbocycles. The molecule has 13 nitrogen and oxygen atoms in total. The molecule has 3 aliphatic heterocycles. The Labute approximate surface area is 266 Å². The van der Waals surface area contributed by atoms with Gasteiger partial charge >= 0.3 is 0 Å². The fourth-order valence-corrected chi connectivity index (χ4v) is 6.00. The summed E-state index contributed by atoms with van der Waals surface area (Å²) >= 11 is 0. The Morgan fingerprint density at radius 3 is 2.65 bits per heavy atom. The number of ether oxygens (including phenoxy) is 2. The van der Waals surface area contributed by atoms with Gasteiger partial charge < -0.3 is 34.8 Å². The molecular weight excluding hydrogens is 595 g/mol. The van der Waals surface area contributed by atoms with Gasteiger partial charge in [0.1, 0.15) is 24.3 Å². The van der Waals surface area contributed by atoms with E-state index in [2.05, 4.69) is 55.2 Å². The number of piperidine rings is 1. The highest BCUT2D eigenvalue weighted by molar-refractivity contribution is 5.81. The molecule has 1 unspecified atom stereocenters. The lowest BCUT2D eigenvalue weighted by molar-refractivity contribution is -0.146. The zero-order chi connectivity index (χ0) is 32.2. The van der Waals surface area contributed by atoms with E-state index in [1.807, 2.05) is 6.07 Å². The van der Waals surface area contributed by atoms with E-state index in [0.717, 1.165) is 55.5 Å². The smallest absolute Gasteiger partial charge is 0.253 e. The summed E-state index contributed by atoms with van der Waals surface area (Å²) in [6.07, 6.45) is -2.45. The van der Waals surface area contributed by atoms with Crippen LogP contribution in [0.2, 0.25) is 0 Å². The van der Waals surface area contributed by atoms with Crippen LogP contribution >= 0.6 is 0 Å². The van der Waals surface area contributed by atoms with Crippen LogP contribution in [0, 0.1) is 18.3 Å². The van der Waals surface area contributed by atoms with E-state index in [1.54, 1.807) is 18.2 Å². The number of aromatic nitrogens is 3. The van der Waals surface area contributed by atoms with Gasteiger partial charge in [-0.3, -0.25) is 9.69 Å². The van der Waals surface area contributed by atoms with E-state index in [4.69, 9.17) is 14.6 Å². The van der Waals surface area contributed by atoms with Crippen LogP contribution in [-0.4, -0.2) is 124 Å². The molecule has 14 heteroatoms. The molecule has 3 aliphatic rings. The number of amides is 1. The van der Waals surface area contributed by atoms with E-state index < -0.39 is 30.9 Å². The minimum absolute atomic E-state index is 0.150. The van der Waals surface area contributed by atoms with Crippen molar-refractivity contribution >= 4 is 23.2 Å². The second kappa shape index (κ2) is 13.9. The summed E-state index contributed by atoms with van der Waals surface area (Å²) < 4.78 is 26.1. The van der Waals surface area contributed by atoms with E-state index in [-0.39, 0.29) is 30.8 Å². The first-order valence-electron chi connectivity index (χ1n) is 15.4. The average Bonchev–Trinajstić information content (AvgIpc) is 3.05. The first kappa shape index (κ1) is 31.6. The molecule has 4 heterocycles. The van der Waals surface area contributed by atoms with Gasteiger partial charge in [0.05, 0.1) is 38.0 Å². The summed E-state index contributed by atoms with van der Waals surface area (Å²) in [4.78, 5) is 31.3. The number of nitriles is 1. The molecule has 2 aromatic carbocycles. The number of piperazine rings is 1. The number of aliphatic hydroxyl groups is 2. The second-order valence-corrected chi connectivity index (χ2v) is 11.7. The average molecular weight is 633 g/mol. The van der Waals surface area contributed by atoms with Crippen LogP contribution in [-0.2, 0) is 9.53 Å². The number of halogens is 1. The summed E-state index contributed by atoms with van der Waals surface area (Å²) in [7, 11) is 0. The first-order chi connectivity index (χ1) is 22.3. The van der Waals surface area contributed by atoms with Crippen molar-refractivity contribution in [1.29, 1.82) is 5.26 Å². The summed E-state index contributed by atoms with van der Waals surface area (Å²) in [6.45, 7) is 6.90. The molecule has 46 heavy (non-hydrogen) atoms. The Bertz CT molecular complexity index is 1590. The fourth-order valence-electron chi connectivity index (χ4n) is 6.00. The third-order valence-corrected chi connectivity index (χ3v) is 8.70. The van der Waals surface area contributed by atoms with Gasteiger partial charge in [0.25, 0.3) is 5.91 Å². The number of likely N-dealkylation sites (tertiary alicyclic amines) is 1. The summed E-state index contributed by atoms with van der Waals surface area (Å²) in [5, 5.41) is 31.7. The molecule has 0 bridgehead atoms. The van der Waals surface area contributed by atoms with E-state index in [0.29, 0.717) is 23.4 Å². The molecule has 1 aromatic heterocycles. The van der Waals surface area contributed by atoms with Crippen molar-refractivity contribution in [3.8, 4) is 23.2 Å². The summed E-state index contributed by atoms with van der Waals surface area (Å²) in [5.74, 6) is 0.172. The van der Waals surface area contributed by atoms with Crippen LogP contribution in [0.3, 0.4) is 0 Å². The highest BCUT2D eigenvalue weighted by Gasteiger charge is 2.35. The van der Waals surface area contributed by atoms with Gasteiger partial charge in [-0.1, -0.05) is 0 Å². The lowest BCUT2D eigenvalue weighted by atomic mass is 10.0.